The zero-order valence-electron chi connectivity index (χ0n) is 12.5. The number of rotatable bonds is 1. The molecule has 3 N–H and O–H groups in total. The van der Waals surface area contributed by atoms with Crippen molar-refractivity contribution < 1.29 is 0 Å². The first-order valence-corrected chi connectivity index (χ1v) is 7.79. The molecule has 4 fully saturated rings. The number of piperazine rings is 1. The Bertz CT molecular complexity index is 370. The van der Waals surface area contributed by atoms with E-state index in [1.807, 2.05) is 0 Å². The molecule has 4 atom stereocenters. The quantitative estimate of drug-likeness (QED) is 0.554. The molecule has 0 aromatic rings. The minimum Gasteiger partial charge on any atom is -0.370 e. The fourth-order valence-electron chi connectivity index (χ4n) is 4.44. The van der Waals surface area contributed by atoms with E-state index >= 15 is 0 Å². The molecule has 1 unspecified atom stereocenters. The molecule has 1 aliphatic heterocycles. The largest absolute Gasteiger partial charge is 0.370 e. The van der Waals surface area contributed by atoms with E-state index in [4.69, 9.17) is 10.7 Å². The number of guanidine groups is 1. The Morgan fingerprint density at radius 3 is 2.53 bits per heavy atom. The minimum absolute atomic E-state index is 0.451. The molecular weight excluding hydrogens is 236 g/mol. The average Bonchev–Trinajstić information content (AvgIpc) is 2.41. The highest BCUT2D eigenvalue weighted by atomic mass is 15.3. The van der Waals surface area contributed by atoms with Crippen molar-refractivity contribution in [2.75, 3.05) is 26.2 Å². The van der Waals surface area contributed by atoms with E-state index in [0.717, 1.165) is 44.0 Å². The van der Waals surface area contributed by atoms with Gasteiger partial charge in [0.2, 0.25) is 0 Å². The van der Waals surface area contributed by atoms with Crippen LogP contribution >= 0.6 is 0 Å². The summed E-state index contributed by atoms with van der Waals surface area (Å²) in [6, 6.07) is 0.451. The number of aliphatic imine (C=N–C) groups is 1. The molecule has 108 valence electrons. The summed E-state index contributed by atoms with van der Waals surface area (Å²) in [6.45, 7) is 11.3. The third kappa shape index (κ3) is 2.14. The van der Waals surface area contributed by atoms with Crippen molar-refractivity contribution in [3.63, 3.8) is 0 Å². The topological polar surface area (TPSA) is 53.6 Å². The summed E-state index contributed by atoms with van der Waals surface area (Å²) < 4.78 is 0. The molecule has 1 heterocycles. The predicted octanol–water partition coefficient (Wildman–Crippen LogP) is 1.28. The van der Waals surface area contributed by atoms with Crippen LogP contribution in [0.15, 0.2) is 4.99 Å². The molecule has 3 saturated carbocycles. The maximum atomic E-state index is 6.22. The molecule has 0 radical (unpaired) electrons. The van der Waals surface area contributed by atoms with Crippen LogP contribution in [0, 0.1) is 23.2 Å². The third-order valence-electron chi connectivity index (χ3n) is 6.05. The van der Waals surface area contributed by atoms with Crippen molar-refractivity contribution >= 4 is 5.96 Å². The number of hydrogen-bond acceptors (Lipinski definition) is 2. The van der Waals surface area contributed by atoms with Gasteiger partial charge in [0, 0.05) is 26.2 Å². The second-order valence-electron chi connectivity index (χ2n) is 7.25. The first kappa shape index (κ1) is 13.2. The Balaban J connectivity index is 1.67. The maximum absolute atomic E-state index is 6.22. The second-order valence-corrected chi connectivity index (χ2v) is 7.25. The Kier molecular flexibility index (Phi) is 3.24. The SMILES string of the molecule is C[C@@H]1C(N=C(N)N2CCNCC2)C[C@@H]2C[C@H]1C2(C)C. The molecule has 0 aromatic carbocycles. The molecular formula is C15H28N4. The molecule has 19 heavy (non-hydrogen) atoms. The molecule has 4 nitrogen and oxygen atoms in total. The van der Waals surface area contributed by atoms with Crippen LogP contribution in [0.4, 0.5) is 0 Å². The maximum Gasteiger partial charge on any atom is 0.191 e. The first-order valence-electron chi connectivity index (χ1n) is 7.79. The van der Waals surface area contributed by atoms with Crippen LogP contribution in [0.1, 0.15) is 33.6 Å². The number of nitrogens with one attached hydrogen (secondary N) is 1. The van der Waals surface area contributed by atoms with Gasteiger partial charge in [0.25, 0.3) is 0 Å². The van der Waals surface area contributed by atoms with Crippen LogP contribution in [-0.4, -0.2) is 43.1 Å². The standard InChI is InChI=1S/C15H28N4/c1-10-12-8-11(15(12,2)3)9-13(10)18-14(16)19-6-4-17-5-7-19/h10-13,17H,4-9H2,1-3H3,(H2,16,18)/t10-,11-,12+,13?/m0/s1. The van der Waals surface area contributed by atoms with Crippen LogP contribution in [-0.2, 0) is 0 Å². The Labute approximate surface area is 116 Å². The van der Waals surface area contributed by atoms with Gasteiger partial charge < -0.3 is 16.0 Å². The van der Waals surface area contributed by atoms with E-state index in [1.165, 1.54) is 12.8 Å². The molecule has 3 aliphatic carbocycles. The van der Waals surface area contributed by atoms with E-state index in [-0.39, 0.29) is 0 Å². The number of fused-ring (bicyclic) bond motifs is 2. The van der Waals surface area contributed by atoms with E-state index in [1.54, 1.807) is 0 Å². The van der Waals surface area contributed by atoms with Gasteiger partial charge in [0.05, 0.1) is 6.04 Å². The molecule has 2 bridgehead atoms. The zero-order valence-corrected chi connectivity index (χ0v) is 12.5. The van der Waals surface area contributed by atoms with Crippen LogP contribution in [0.5, 0.6) is 0 Å². The van der Waals surface area contributed by atoms with Crippen molar-refractivity contribution in [3.8, 4) is 0 Å². The summed E-state index contributed by atoms with van der Waals surface area (Å²) in [5.41, 5.74) is 6.75. The highest BCUT2D eigenvalue weighted by Gasteiger charge is 2.56. The monoisotopic (exact) mass is 264 g/mol. The van der Waals surface area contributed by atoms with Gasteiger partial charge in [-0.05, 0) is 36.0 Å². The lowest BCUT2D eigenvalue weighted by molar-refractivity contribution is -0.108. The van der Waals surface area contributed by atoms with Crippen LogP contribution in [0.25, 0.3) is 0 Å². The van der Waals surface area contributed by atoms with Crippen molar-refractivity contribution in [1.82, 2.24) is 10.2 Å². The van der Waals surface area contributed by atoms with Gasteiger partial charge in [-0.3, -0.25) is 0 Å². The van der Waals surface area contributed by atoms with Crippen molar-refractivity contribution in [2.24, 2.45) is 33.9 Å². The van der Waals surface area contributed by atoms with E-state index in [0.29, 0.717) is 17.4 Å². The van der Waals surface area contributed by atoms with E-state index < -0.39 is 0 Å². The van der Waals surface area contributed by atoms with Gasteiger partial charge in [-0.15, -0.1) is 0 Å². The van der Waals surface area contributed by atoms with Gasteiger partial charge in [-0.25, -0.2) is 4.99 Å². The lowest BCUT2D eigenvalue weighted by Gasteiger charge is -2.61. The van der Waals surface area contributed by atoms with E-state index in [2.05, 4.69) is 31.0 Å². The first-order chi connectivity index (χ1) is 9.00. The second kappa shape index (κ2) is 4.65. The van der Waals surface area contributed by atoms with Gasteiger partial charge in [0.1, 0.15) is 0 Å². The van der Waals surface area contributed by atoms with Gasteiger partial charge in [-0.1, -0.05) is 20.8 Å². The Hall–Kier alpha value is -0.770. The minimum atomic E-state index is 0.451. The highest BCUT2D eigenvalue weighted by Crippen LogP contribution is 2.61. The smallest absolute Gasteiger partial charge is 0.191 e. The summed E-state index contributed by atoms with van der Waals surface area (Å²) in [5.74, 6) is 3.16. The number of nitrogens with two attached hydrogens (primary N) is 1. The van der Waals surface area contributed by atoms with E-state index in [9.17, 15) is 0 Å². The van der Waals surface area contributed by atoms with Gasteiger partial charge in [0.15, 0.2) is 5.96 Å². The molecule has 0 amide bonds. The third-order valence-corrected chi connectivity index (χ3v) is 6.05. The lowest BCUT2D eigenvalue weighted by atomic mass is 9.45. The predicted molar refractivity (Wildman–Crippen MR) is 79.0 cm³/mol. The zero-order chi connectivity index (χ0) is 13.6. The highest BCUT2D eigenvalue weighted by molar-refractivity contribution is 5.78. The average molecular weight is 264 g/mol. The number of nitrogens with zero attached hydrogens (tertiary/aromatic N) is 2. The van der Waals surface area contributed by atoms with Gasteiger partial charge in [-0.2, -0.15) is 0 Å². The van der Waals surface area contributed by atoms with Crippen molar-refractivity contribution in [3.05, 3.63) is 0 Å². The summed E-state index contributed by atoms with van der Waals surface area (Å²) in [6.07, 6.45) is 2.64. The summed E-state index contributed by atoms with van der Waals surface area (Å²) in [5, 5.41) is 3.35. The fourth-order valence-corrected chi connectivity index (χ4v) is 4.44. The Morgan fingerprint density at radius 1 is 1.26 bits per heavy atom. The molecule has 0 aromatic heterocycles. The van der Waals surface area contributed by atoms with Crippen LogP contribution < -0.4 is 11.1 Å². The molecule has 4 rings (SSSR count). The summed E-state index contributed by atoms with van der Waals surface area (Å²) >= 11 is 0. The van der Waals surface area contributed by atoms with Crippen molar-refractivity contribution in [1.29, 1.82) is 0 Å². The summed E-state index contributed by atoms with van der Waals surface area (Å²) in [4.78, 5) is 7.11. The van der Waals surface area contributed by atoms with Crippen molar-refractivity contribution in [2.45, 2.75) is 39.7 Å². The molecule has 0 spiro atoms. The molecule has 4 heteroatoms. The fraction of sp³-hybridized carbons (Fsp3) is 0.933. The normalized spacial score (nSPS) is 41.8. The number of hydrogen-bond donors (Lipinski definition) is 2. The molecule has 4 aliphatic rings. The van der Waals surface area contributed by atoms with Crippen LogP contribution in [0.3, 0.4) is 0 Å². The Morgan fingerprint density at radius 2 is 1.95 bits per heavy atom. The lowest BCUT2D eigenvalue weighted by Crippen LogP contribution is -2.57. The molecule has 1 saturated heterocycles. The van der Waals surface area contributed by atoms with Crippen LogP contribution in [0.2, 0.25) is 0 Å². The van der Waals surface area contributed by atoms with Gasteiger partial charge >= 0.3 is 0 Å². The summed E-state index contributed by atoms with van der Waals surface area (Å²) in [7, 11) is 0.